The normalized spacial score (nSPS) is 26.6. The fraction of sp³-hybridized carbons (Fsp3) is 1.00. The average Bonchev–Trinajstić information content (AvgIpc) is 2.58. The van der Waals surface area contributed by atoms with Crippen molar-refractivity contribution in [2.24, 2.45) is 28.6 Å². The summed E-state index contributed by atoms with van der Waals surface area (Å²) < 4.78 is 11.0. The monoisotopic (exact) mass is 403 g/mol. The Labute approximate surface area is 172 Å². The van der Waals surface area contributed by atoms with Crippen LogP contribution in [0.2, 0.25) is 0 Å². The van der Waals surface area contributed by atoms with Gasteiger partial charge in [-0.2, -0.15) is 0 Å². The van der Waals surface area contributed by atoms with Gasteiger partial charge in [0.25, 0.3) is 0 Å². The minimum absolute atomic E-state index is 0.0554. The standard InChI is InChI=1S/C22H45NO5/c1-21(2,3)19(14-25)13-23(6)12-17-10-22(4,5)11-18(20(17)26)15-28-16-27-9-7-8-24/h17-20,24-26H,7-16H2,1-6H3/t17-,18+,19+,20+/m0/s1. The second kappa shape index (κ2) is 11.8. The van der Waals surface area contributed by atoms with Gasteiger partial charge in [-0.25, -0.2) is 0 Å². The third-order valence-corrected chi connectivity index (χ3v) is 6.06. The van der Waals surface area contributed by atoms with Gasteiger partial charge < -0.3 is 29.7 Å². The summed E-state index contributed by atoms with van der Waals surface area (Å²) >= 11 is 0. The van der Waals surface area contributed by atoms with E-state index < -0.39 is 6.10 Å². The van der Waals surface area contributed by atoms with Crippen LogP contribution in [0.1, 0.15) is 53.9 Å². The van der Waals surface area contributed by atoms with Gasteiger partial charge in [0.1, 0.15) is 6.79 Å². The molecule has 6 heteroatoms. The van der Waals surface area contributed by atoms with Crippen LogP contribution in [0.15, 0.2) is 0 Å². The molecule has 0 spiro atoms. The third kappa shape index (κ3) is 9.06. The number of aliphatic hydroxyl groups excluding tert-OH is 3. The lowest BCUT2D eigenvalue weighted by atomic mass is 9.66. The van der Waals surface area contributed by atoms with E-state index in [1.807, 2.05) is 0 Å². The van der Waals surface area contributed by atoms with Gasteiger partial charge in [0.2, 0.25) is 0 Å². The van der Waals surface area contributed by atoms with Crippen LogP contribution in [0, 0.1) is 28.6 Å². The first-order valence-corrected chi connectivity index (χ1v) is 10.7. The van der Waals surface area contributed by atoms with Crippen molar-refractivity contribution in [3.05, 3.63) is 0 Å². The fourth-order valence-electron chi connectivity index (χ4n) is 4.40. The van der Waals surface area contributed by atoms with Crippen LogP contribution in [0.25, 0.3) is 0 Å². The van der Waals surface area contributed by atoms with Crippen molar-refractivity contribution in [3.63, 3.8) is 0 Å². The smallest absolute Gasteiger partial charge is 0.146 e. The summed E-state index contributed by atoms with van der Waals surface area (Å²) in [6.07, 6.45) is 2.14. The molecule has 0 aromatic rings. The highest BCUT2D eigenvalue weighted by Crippen LogP contribution is 2.42. The highest BCUT2D eigenvalue weighted by Gasteiger charge is 2.41. The van der Waals surface area contributed by atoms with Crippen molar-refractivity contribution < 1.29 is 24.8 Å². The van der Waals surface area contributed by atoms with E-state index >= 15 is 0 Å². The molecule has 0 saturated heterocycles. The Hall–Kier alpha value is -0.240. The summed E-state index contributed by atoms with van der Waals surface area (Å²) in [4.78, 5) is 2.26. The van der Waals surface area contributed by atoms with Crippen molar-refractivity contribution >= 4 is 0 Å². The molecule has 0 amide bonds. The number of aliphatic hydroxyl groups is 3. The third-order valence-electron chi connectivity index (χ3n) is 6.06. The van der Waals surface area contributed by atoms with Crippen LogP contribution in [0.5, 0.6) is 0 Å². The summed E-state index contributed by atoms with van der Waals surface area (Å²) in [5, 5.41) is 29.5. The van der Waals surface area contributed by atoms with Gasteiger partial charge in [-0.05, 0) is 49.0 Å². The summed E-state index contributed by atoms with van der Waals surface area (Å²) in [5.41, 5.74) is 0.219. The van der Waals surface area contributed by atoms with Crippen LogP contribution >= 0.6 is 0 Å². The van der Waals surface area contributed by atoms with E-state index in [1.165, 1.54) is 0 Å². The molecular formula is C22H45NO5. The van der Waals surface area contributed by atoms with Crippen LogP contribution < -0.4 is 0 Å². The Balaban J connectivity index is 2.57. The first kappa shape index (κ1) is 25.8. The first-order chi connectivity index (χ1) is 13.0. The molecule has 1 fully saturated rings. The molecule has 0 aromatic heterocycles. The second-order valence-electron chi connectivity index (χ2n) is 10.5. The van der Waals surface area contributed by atoms with E-state index in [-0.39, 0.29) is 48.6 Å². The van der Waals surface area contributed by atoms with Crippen LogP contribution in [0.3, 0.4) is 0 Å². The molecule has 0 radical (unpaired) electrons. The van der Waals surface area contributed by atoms with E-state index in [2.05, 4.69) is 46.6 Å². The maximum absolute atomic E-state index is 11.0. The van der Waals surface area contributed by atoms with Gasteiger partial charge in [-0.15, -0.1) is 0 Å². The van der Waals surface area contributed by atoms with Crippen LogP contribution in [-0.2, 0) is 9.47 Å². The molecule has 3 N–H and O–H groups in total. The van der Waals surface area contributed by atoms with Crippen molar-refractivity contribution in [3.8, 4) is 0 Å². The minimum atomic E-state index is -0.393. The number of rotatable bonds is 12. The van der Waals surface area contributed by atoms with Crippen LogP contribution in [0.4, 0.5) is 0 Å². The average molecular weight is 404 g/mol. The van der Waals surface area contributed by atoms with Gasteiger partial charge in [0.05, 0.1) is 19.3 Å². The molecule has 0 aromatic carbocycles. The SMILES string of the molecule is CN(C[C@@H]1CC(C)(C)C[C@H](COCOCCCO)[C@@H]1O)C[C@H](CO)C(C)(C)C. The maximum Gasteiger partial charge on any atom is 0.146 e. The summed E-state index contributed by atoms with van der Waals surface area (Å²) in [6, 6.07) is 0. The van der Waals surface area contributed by atoms with Gasteiger partial charge in [-0.1, -0.05) is 34.6 Å². The van der Waals surface area contributed by atoms with E-state index in [0.717, 1.165) is 25.9 Å². The van der Waals surface area contributed by atoms with Crippen molar-refractivity contribution in [2.75, 3.05) is 53.4 Å². The molecule has 1 saturated carbocycles. The summed E-state index contributed by atoms with van der Waals surface area (Å²) in [6.45, 7) is 14.2. The zero-order chi connectivity index (χ0) is 21.4. The predicted molar refractivity (Wildman–Crippen MR) is 112 cm³/mol. The van der Waals surface area contributed by atoms with Gasteiger partial charge in [0.15, 0.2) is 0 Å². The van der Waals surface area contributed by atoms with Crippen molar-refractivity contribution in [1.82, 2.24) is 4.90 Å². The Bertz CT molecular complexity index is 424. The van der Waals surface area contributed by atoms with Crippen molar-refractivity contribution in [1.29, 1.82) is 0 Å². The second-order valence-corrected chi connectivity index (χ2v) is 10.5. The molecule has 1 aliphatic rings. The van der Waals surface area contributed by atoms with E-state index in [1.54, 1.807) is 0 Å². The van der Waals surface area contributed by atoms with Crippen molar-refractivity contribution in [2.45, 2.75) is 60.0 Å². The molecule has 0 bridgehead atoms. The summed E-state index contributed by atoms with van der Waals surface area (Å²) in [5.74, 6) is 0.498. The predicted octanol–water partition coefficient (Wildman–Crippen LogP) is 2.36. The lowest BCUT2D eigenvalue weighted by Gasteiger charge is -2.45. The van der Waals surface area contributed by atoms with E-state index in [0.29, 0.717) is 19.6 Å². The molecular weight excluding hydrogens is 358 g/mol. The van der Waals surface area contributed by atoms with Gasteiger partial charge in [-0.3, -0.25) is 0 Å². The molecule has 0 heterocycles. The number of hydrogen-bond donors (Lipinski definition) is 3. The lowest BCUT2D eigenvalue weighted by molar-refractivity contribution is -0.110. The van der Waals surface area contributed by atoms with Gasteiger partial charge in [0, 0.05) is 32.2 Å². The molecule has 28 heavy (non-hydrogen) atoms. The number of nitrogens with zero attached hydrogens (tertiary/aromatic N) is 1. The first-order valence-electron chi connectivity index (χ1n) is 10.7. The lowest BCUT2D eigenvalue weighted by Crippen LogP contribution is -2.47. The molecule has 6 nitrogen and oxygen atoms in total. The molecule has 1 rings (SSSR count). The maximum atomic E-state index is 11.0. The van der Waals surface area contributed by atoms with Crippen LogP contribution in [-0.4, -0.2) is 79.7 Å². The quantitative estimate of drug-likeness (QED) is 0.343. The van der Waals surface area contributed by atoms with E-state index in [9.17, 15) is 10.2 Å². The van der Waals surface area contributed by atoms with E-state index in [4.69, 9.17) is 14.6 Å². The highest BCUT2D eigenvalue weighted by molar-refractivity contribution is 4.91. The Kier molecular flexibility index (Phi) is 10.9. The zero-order valence-electron chi connectivity index (χ0n) is 19.0. The largest absolute Gasteiger partial charge is 0.396 e. The Morgan fingerprint density at radius 1 is 1.11 bits per heavy atom. The molecule has 4 atom stereocenters. The zero-order valence-corrected chi connectivity index (χ0v) is 19.0. The minimum Gasteiger partial charge on any atom is -0.396 e. The van der Waals surface area contributed by atoms with Gasteiger partial charge >= 0.3 is 0 Å². The number of ether oxygens (including phenoxy) is 2. The topological polar surface area (TPSA) is 82.4 Å². The molecule has 1 aliphatic carbocycles. The molecule has 168 valence electrons. The Morgan fingerprint density at radius 3 is 2.32 bits per heavy atom. The Morgan fingerprint density at radius 2 is 1.75 bits per heavy atom. The fourth-order valence-corrected chi connectivity index (χ4v) is 4.40. The summed E-state index contributed by atoms with van der Waals surface area (Å²) in [7, 11) is 2.09. The highest BCUT2D eigenvalue weighted by atomic mass is 16.7. The molecule has 0 unspecified atom stereocenters. The molecule has 0 aliphatic heterocycles. The number of hydrogen-bond acceptors (Lipinski definition) is 6.